The summed E-state index contributed by atoms with van der Waals surface area (Å²) in [6.45, 7) is 2.40. The fourth-order valence-electron chi connectivity index (χ4n) is 2.80. The molecule has 0 amide bonds. The maximum absolute atomic E-state index is 13.1. The summed E-state index contributed by atoms with van der Waals surface area (Å²) in [5, 5.41) is 9.79. The lowest BCUT2D eigenvalue weighted by molar-refractivity contribution is 0.340. The lowest BCUT2D eigenvalue weighted by atomic mass is 10.1. The zero-order chi connectivity index (χ0) is 21.9. The van der Waals surface area contributed by atoms with Crippen LogP contribution in [0.1, 0.15) is 12.5 Å². The van der Waals surface area contributed by atoms with Crippen LogP contribution in [0, 0.1) is 11.3 Å². The van der Waals surface area contributed by atoms with Gasteiger partial charge in [0.2, 0.25) is 0 Å². The molecule has 0 bridgehead atoms. The second-order valence-corrected chi connectivity index (χ2v) is 9.32. The van der Waals surface area contributed by atoms with Crippen LogP contribution in [0.2, 0.25) is 0 Å². The van der Waals surface area contributed by atoms with Crippen molar-refractivity contribution in [1.29, 1.82) is 5.26 Å². The van der Waals surface area contributed by atoms with Gasteiger partial charge in [0, 0.05) is 16.2 Å². The predicted molar refractivity (Wildman–Crippen MR) is 116 cm³/mol. The molecule has 0 N–H and O–H groups in total. The van der Waals surface area contributed by atoms with E-state index in [2.05, 4.69) is 4.98 Å². The van der Waals surface area contributed by atoms with Gasteiger partial charge >= 0.3 is 0 Å². The predicted octanol–water partition coefficient (Wildman–Crippen LogP) is 3.82. The molecule has 10 heteroatoms. The molecule has 30 heavy (non-hydrogen) atoms. The highest BCUT2D eigenvalue weighted by molar-refractivity contribution is 8.13. The molecule has 154 valence electrons. The third kappa shape index (κ3) is 4.36. The van der Waals surface area contributed by atoms with E-state index < -0.39 is 14.6 Å². The van der Waals surface area contributed by atoms with Gasteiger partial charge in [-0.2, -0.15) is 5.26 Å². The number of hydrogen-bond donors (Lipinski definition) is 0. The normalized spacial score (nSPS) is 11.1. The molecule has 1 aromatic heterocycles. The Morgan fingerprint density at radius 3 is 2.30 bits per heavy atom. The van der Waals surface area contributed by atoms with Crippen LogP contribution in [0.5, 0.6) is 5.75 Å². The summed E-state index contributed by atoms with van der Waals surface area (Å²) in [6, 6.07) is 14.4. The van der Waals surface area contributed by atoms with Crippen molar-refractivity contribution in [3.8, 4) is 28.9 Å². The Morgan fingerprint density at radius 2 is 1.80 bits per heavy atom. The van der Waals surface area contributed by atoms with Gasteiger partial charge in [0.05, 0.1) is 17.2 Å². The molecule has 2 aromatic carbocycles. The van der Waals surface area contributed by atoms with Crippen LogP contribution >= 0.6 is 22.4 Å². The maximum atomic E-state index is 13.1. The first kappa shape index (κ1) is 21.9. The van der Waals surface area contributed by atoms with Crippen molar-refractivity contribution in [2.75, 3.05) is 12.9 Å². The Labute approximate surface area is 182 Å². The summed E-state index contributed by atoms with van der Waals surface area (Å²) in [5.74, 6) is 0.985. The standard InChI is InChI=1S/C20H16ClN3O4S2/c1-3-28-15-8-4-13(5-9-15)18-23-19(29-2)17(12-22)20(25)24(18)14-6-10-16(11-7-14)30(21,26)27/h4-11H,3H2,1-2H3. The number of thioether (sulfide) groups is 1. The minimum absolute atomic E-state index is 0.0915. The van der Waals surface area contributed by atoms with Gasteiger partial charge < -0.3 is 4.74 Å². The fourth-order valence-corrected chi connectivity index (χ4v) is 4.09. The van der Waals surface area contributed by atoms with E-state index in [-0.39, 0.29) is 10.5 Å². The highest BCUT2D eigenvalue weighted by Gasteiger charge is 2.19. The molecular formula is C20H16ClN3O4S2. The number of nitrogens with zero attached hydrogens (tertiary/aromatic N) is 3. The zero-order valence-corrected chi connectivity index (χ0v) is 18.4. The van der Waals surface area contributed by atoms with Crippen molar-refractivity contribution < 1.29 is 13.2 Å². The molecule has 0 spiro atoms. The molecule has 7 nitrogen and oxygen atoms in total. The first-order valence-electron chi connectivity index (χ1n) is 8.69. The minimum Gasteiger partial charge on any atom is -0.494 e. The summed E-state index contributed by atoms with van der Waals surface area (Å²) in [5.41, 5.74) is 0.336. The van der Waals surface area contributed by atoms with Crippen LogP contribution in [0.4, 0.5) is 0 Å². The van der Waals surface area contributed by atoms with Gasteiger partial charge in [0.25, 0.3) is 14.6 Å². The summed E-state index contributed by atoms with van der Waals surface area (Å²) in [4.78, 5) is 17.6. The highest BCUT2D eigenvalue weighted by Crippen LogP contribution is 2.27. The molecule has 0 radical (unpaired) electrons. The van der Waals surface area contributed by atoms with Crippen LogP contribution < -0.4 is 10.3 Å². The van der Waals surface area contributed by atoms with E-state index in [1.54, 1.807) is 30.5 Å². The van der Waals surface area contributed by atoms with Gasteiger partial charge in [-0.15, -0.1) is 11.8 Å². The zero-order valence-electron chi connectivity index (χ0n) is 16.0. The van der Waals surface area contributed by atoms with Crippen molar-refractivity contribution in [3.05, 3.63) is 64.4 Å². The van der Waals surface area contributed by atoms with Crippen LogP contribution in [0.15, 0.2) is 63.2 Å². The van der Waals surface area contributed by atoms with E-state index in [0.717, 1.165) is 0 Å². The van der Waals surface area contributed by atoms with Crippen molar-refractivity contribution in [1.82, 2.24) is 9.55 Å². The Balaban J connectivity index is 2.27. The van der Waals surface area contributed by atoms with Crippen LogP contribution in [0.25, 0.3) is 17.1 Å². The molecule has 0 fully saturated rings. The third-order valence-corrected chi connectivity index (χ3v) is 6.21. The van der Waals surface area contributed by atoms with Crippen molar-refractivity contribution >= 4 is 31.5 Å². The topological polar surface area (TPSA) is 102 Å². The highest BCUT2D eigenvalue weighted by atomic mass is 35.7. The van der Waals surface area contributed by atoms with Gasteiger partial charge in [-0.1, -0.05) is 0 Å². The molecule has 0 atom stereocenters. The van der Waals surface area contributed by atoms with E-state index in [0.29, 0.717) is 34.5 Å². The SMILES string of the molecule is CCOc1ccc(-c2nc(SC)c(C#N)c(=O)n2-c2ccc(S(=O)(=O)Cl)cc2)cc1. The molecule has 0 aliphatic rings. The first-order chi connectivity index (χ1) is 14.3. The molecule has 0 saturated heterocycles. The number of nitriles is 1. The molecule has 3 rings (SSSR count). The van der Waals surface area contributed by atoms with Crippen molar-refractivity contribution in [2.24, 2.45) is 0 Å². The average molecular weight is 462 g/mol. The molecular weight excluding hydrogens is 446 g/mol. The van der Waals surface area contributed by atoms with Gasteiger partial charge in [-0.25, -0.2) is 13.4 Å². The number of ether oxygens (including phenoxy) is 1. The smallest absolute Gasteiger partial charge is 0.277 e. The van der Waals surface area contributed by atoms with Crippen molar-refractivity contribution in [2.45, 2.75) is 16.8 Å². The van der Waals surface area contributed by atoms with Crippen LogP contribution in [0.3, 0.4) is 0 Å². The van der Waals surface area contributed by atoms with Gasteiger partial charge in [0.1, 0.15) is 28.2 Å². The fraction of sp³-hybridized carbons (Fsp3) is 0.150. The second-order valence-electron chi connectivity index (χ2n) is 5.96. The number of aromatic nitrogens is 2. The lowest BCUT2D eigenvalue weighted by Gasteiger charge is -2.15. The monoisotopic (exact) mass is 461 g/mol. The minimum atomic E-state index is -3.91. The average Bonchev–Trinajstić information content (AvgIpc) is 2.73. The van der Waals surface area contributed by atoms with E-state index in [4.69, 9.17) is 15.4 Å². The van der Waals surface area contributed by atoms with Crippen molar-refractivity contribution in [3.63, 3.8) is 0 Å². The summed E-state index contributed by atoms with van der Waals surface area (Å²) < 4.78 is 29.8. The number of halogens is 1. The molecule has 0 aliphatic heterocycles. The first-order valence-corrected chi connectivity index (χ1v) is 12.2. The Morgan fingerprint density at radius 1 is 1.17 bits per heavy atom. The van der Waals surface area contributed by atoms with E-state index in [9.17, 15) is 18.5 Å². The molecule has 0 saturated carbocycles. The quantitative estimate of drug-likeness (QED) is 0.312. The number of benzene rings is 2. The Hall–Kier alpha value is -2.80. The molecule has 3 aromatic rings. The van der Waals surface area contributed by atoms with E-state index in [1.165, 1.54) is 40.6 Å². The van der Waals surface area contributed by atoms with E-state index >= 15 is 0 Å². The Kier molecular flexibility index (Phi) is 6.51. The third-order valence-electron chi connectivity index (χ3n) is 4.16. The maximum Gasteiger partial charge on any atom is 0.277 e. The largest absolute Gasteiger partial charge is 0.494 e. The molecule has 0 unspecified atom stereocenters. The second kappa shape index (κ2) is 8.92. The van der Waals surface area contributed by atoms with Gasteiger partial charge in [-0.05, 0) is 61.7 Å². The summed E-state index contributed by atoms with van der Waals surface area (Å²) in [7, 11) is 1.47. The lowest BCUT2D eigenvalue weighted by Crippen LogP contribution is -2.25. The van der Waals surface area contributed by atoms with Gasteiger partial charge in [0.15, 0.2) is 0 Å². The number of hydrogen-bond acceptors (Lipinski definition) is 7. The van der Waals surface area contributed by atoms with Crippen LogP contribution in [-0.2, 0) is 9.05 Å². The number of rotatable bonds is 6. The summed E-state index contributed by atoms with van der Waals surface area (Å²) >= 11 is 1.20. The molecule has 1 heterocycles. The molecule has 0 aliphatic carbocycles. The van der Waals surface area contributed by atoms with Gasteiger partial charge in [-0.3, -0.25) is 9.36 Å². The Bertz CT molecular complexity index is 1280. The van der Waals surface area contributed by atoms with Crippen LogP contribution in [-0.4, -0.2) is 30.8 Å². The summed E-state index contributed by atoms with van der Waals surface area (Å²) in [6.07, 6.45) is 1.73. The van der Waals surface area contributed by atoms with E-state index in [1.807, 2.05) is 13.0 Å².